The Kier molecular flexibility index (Phi) is 2.37. The highest BCUT2D eigenvalue weighted by Crippen LogP contribution is 2.27. The van der Waals surface area contributed by atoms with E-state index in [0.717, 1.165) is 11.3 Å². The first-order valence-corrected chi connectivity index (χ1v) is 4.50. The molecule has 0 unspecified atom stereocenters. The van der Waals surface area contributed by atoms with Gasteiger partial charge in [-0.1, -0.05) is 0 Å². The summed E-state index contributed by atoms with van der Waals surface area (Å²) in [6.07, 6.45) is 3.15. The molecule has 0 saturated carbocycles. The van der Waals surface area contributed by atoms with Crippen molar-refractivity contribution in [2.24, 2.45) is 0 Å². The lowest BCUT2D eigenvalue weighted by molar-refractivity contribution is 0.474. The Morgan fingerprint density at radius 1 is 1.21 bits per heavy atom. The van der Waals surface area contributed by atoms with Crippen LogP contribution in [0.1, 0.15) is 0 Å². The number of aromatic hydroxyl groups is 1. The summed E-state index contributed by atoms with van der Waals surface area (Å²) in [5.41, 5.74) is 1.68. The first-order chi connectivity index (χ1) is 6.77. The Labute approximate surface area is 86.9 Å². The lowest BCUT2D eigenvalue weighted by Crippen LogP contribution is -1.85. The molecule has 0 spiro atoms. The van der Waals surface area contributed by atoms with Crippen molar-refractivity contribution in [1.82, 2.24) is 9.97 Å². The molecule has 1 heterocycles. The van der Waals surface area contributed by atoms with Gasteiger partial charge < -0.3 is 5.11 Å². The second-order valence-electron chi connectivity index (χ2n) is 2.80. The van der Waals surface area contributed by atoms with E-state index < -0.39 is 0 Å². The lowest BCUT2D eigenvalue weighted by Gasteiger charge is -2.03. The molecule has 2 aromatic rings. The molecule has 0 amide bonds. The number of phenolic OH excluding ortho intramolecular Hbond substituents is 1. The Morgan fingerprint density at radius 3 is 2.71 bits per heavy atom. The molecule has 1 aromatic heterocycles. The zero-order chi connectivity index (χ0) is 9.97. The lowest BCUT2D eigenvalue weighted by atomic mass is 10.1. The van der Waals surface area contributed by atoms with E-state index in [2.05, 4.69) is 22.6 Å². The van der Waals surface area contributed by atoms with Gasteiger partial charge in [0.25, 0.3) is 0 Å². The van der Waals surface area contributed by atoms with Gasteiger partial charge in [-0.25, -0.2) is 9.97 Å². The molecule has 3 nitrogen and oxygen atoms in total. The van der Waals surface area contributed by atoms with Gasteiger partial charge in [-0.3, -0.25) is 0 Å². The average molecular weight is 204 g/mol. The quantitative estimate of drug-likeness (QED) is 0.699. The molecule has 2 rings (SSSR count). The number of hydrogen-bond acceptors (Lipinski definition) is 4. The zero-order valence-corrected chi connectivity index (χ0v) is 8.15. The summed E-state index contributed by atoms with van der Waals surface area (Å²) in [5.74, 6) is 0.202. The summed E-state index contributed by atoms with van der Waals surface area (Å²) in [4.78, 5) is 8.63. The second-order valence-corrected chi connectivity index (χ2v) is 3.28. The second kappa shape index (κ2) is 3.67. The van der Waals surface area contributed by atoms with Crippen molar-refractivity contribution in [1.29, 1.82) is 0 Å². The van der Waals surface area contributed by atoms with Crippen molar-refractivity contribution in [3.8, 4) is 17.0 Å². The van der Waals surface area contributed by atoms with E-state index in [1.807, 2.05) is 0 Å². The van der Waals surface area contributed by atoms with Gasteiger partial charge in [-0.15, -0.1) is 12.6 Å². The summed E-state index contributed by atoms with van der Waals surface area (Å²) in [6, 6.07) is 6.77. The van der Waals surface area contributed by atoms with Crippen molar-refractivity contribution in [2.45, 2.75) is 4.90 Å². The predicted octanol–water partition coefficient (Wildman–Crippen LogP) is 2.14. The Balaban J connectivity index is 2.53. The van der Waals surface area contributed by atoms with Gasteiger partial charge in [-0.05, 0) is 24.3 Å². The van der Waals surface area contributed by atoms with Gasteiger partial charge in [0.2, 0.25) is 0 Å². The van der Waals surface area contributed by atoms with Crippen LogP contribution in [-0.4, -0.2) is 15.1 Å². The van der Waals surface area contributed by atoms with Crippen LogP contribution in [0.5, 0.6) is 5.75 Å². The minimum atomic E-state index is 0.202. The third-order valence-corrected chi connectivity index (χ3v) is 2.21. The zero-order valence-electron chi connectivity index (χ0n) is 7.25. The van der Waals surface area contributed by atoms with Gasteiger partial charge in [0.15, 0.2) is 0 Å². The molecule has 0 aliphatic rings. The Bertz CT molecular complexity index is 445. The molecule has 0 radical (unpaired) electrons. The average Bonchev–Trinajstić information content (AvgIpc) is 2.19. The van der Waals surface area contributed by atoms with E-state index in [0.29, 0.717) is 4.90 Å². The van der Waals surface area contributed by atoms with Crippen LogP contribution in [0.3, 0.4) is 0 Å². The molecule has 14 heavy (non-hydrogen) atoms. The molecule has 0 bridgehead atoms. The van der Waals surface area contributed by atoms with Crippen LogP contribution in [0.25, 0.3) is 11.3 Å². The third kappa shape index (κ3) is 1.70. The molecule has 0 aliphatic heterocycles. The minimum Gasteiger partial charge on any atom is -0.508 e. The minimum absolute atomic E-state index is 0.202. The maximum absolute atomic E-state index is 9.20. The van der Waals surface area contributed by atoms with Crippen LogP contribution in [0.2, 0.25) is 0 Å². The molecule has 1 aromatic carbocycles. The Morgan fingerprint density at radius 2 is 2.07 bits per heavy atom. The fraction of sp³-hybridized carbons (Fsp3) is 0. The van der Waals surface area contributed by atoms with Crippen molar-refractivity contribution >= 4 is 12.6 Å². The molecule has 1 N–H and O–H groups in total. The largest absolute Gasteiger partial charge is 0.508 e. The maximum Gasteiger partial charge on any atom is 0.116 e. The number of phenols is 1. The molecule has 0 fully saturated rings. The number of benzene rings is 1. The predicted molar refractivity (Wildman–Crippen MR) is 56.4 cm³/mol. The van der Waals surface area contributed by atoms with Gasteiger partial charge in [0.05, 0.1) is 5.69 Å². The highest BCUT2D eigenvalue weighted by atomic mass is 32.1. The molecule has 0 aliphatic carbocycles. The van der Waals surface area contributed by atoms with Gasteiger partial charge in [0, 0.05) is 16.7 Å². The highest BCUT2D eigenvalue weighted by molar-refractivity contribution is 7.80. The summed E-state index contributed by atoms with van der Waals surface area (Å²) in [5, 5.41) is 9.20. The molecule has 0 atom stereocenters. The van der Waals surface area contributed by atoms with Crippen LogP contribution >= 0.6 is 12.6 Å². The van der Waals surface area contributed by atoms with Crippen molar-refractivity contribution in [2.75, 3.05) is 0 Å². The van der Waals surface area contributed by atoms with Crippen LogP contribution in [-0.2, 0) is 0 Å². The van der Waals surface area contributed by atoms with Crippen LogP contribution in [0.4, 0.5) is 0 Å². The van der Waals surface area contributed by atoms with Crippen LogP contribution < -0.4 is 0 Å². The number of thiol groups is 1. The smallest absolute Gasteiger partial charge is 0.116 e. The van der Waals surface area contributed by atoms with Gasteiger partial charge in [0.1, 0.15) is 12.1 Å². The first-order valence-electron chi connectivity index (χ1n) is 4.06. The standard InChI is InChI=1S/C10H8N2OS/c13-7-1-2-8(10(14)5-7)9-3-4-11-6-12-9/h1-6,13-14H. The summed E-state index contributed by atoms with van der Waals surface area (Å²) < 4.78 is 0. The summed E-state index contributed by atoms with van der Waals surface area (Å²) in [7, 11) is 0. The van der Waals surface area contributed by atoms with Gasteiger partial charge in [-0.2, -0.15) is 0 Å². The fourth-order valence-electron chi connectivity index (χ4n) is 1.19. The van der Waals surface area contributed by atoms with Crippen LogP contribution in [0.15, 0.2) is 41.7 Å². The number of rotatable bonds is 1. The fourth-order valence-corrected chi connectivity index (χ4v) is 1.51. The van der Waals surface area contributed by atoms with E-state index in [1.165, 1.54) is 6.33 Å². The monoisotopic (exact) mass is 204 g/mol. The number of hydrogen-bond donors (Lipinski definition) is 2. The van der Waals surface area contributed by atoms with Crippen molar-refractivity contribution in [3.05, 3.63) is 36.8 Å². The molecular formula is C10H8N2OS. The van der Waals surface area contributed by atoms with Crippen molar-refractivity contribution < 1.29 is 5.11 Å². The first kappa shape index (κ1) is 9.02. The normalized spacial score (nSPS) is 10.1. The van der Waals surface area contributed by atoms with E-state index in [9.17, 15) is 5.11 Å². The van der Waals surface area contributed by atoms with E-state index in [1.54, 1.807) is 30.5 Å². The summed E-state index contributed by atoms with van der Waals surface area (Å²) >= 11 is 4.26. The molecule has 4 heteroatoms. The SMILES string of the molecule is Oc1ccc(-c2ccncn2)c(S)c1. The maximum atomic E-state index is 9.20. The number of aromatic nitrogens is 2. The van der Waals surface area contributed by atoms with Gasteiger partial charge >= 0.3 is 0 Å². The van der Waals surface area contributed by atoms with E-state index in [4.69, 9.17) is 0 Å². The topological polar surface area (TPSA) is 46.0 Å². The molecule has 0 saturated heterocycles. The summed E-state index contributed by atoms with van der Waals surface area (Å²) in [6.45, 7) is 0. The molecular weight excluding hydrogens is 196 g/mol. The van der Waals surface area contributed by atoms with Crippen LogP contribution in [0, 0.1) is 0 Å². The van der Waals surface area contributed by atoms with Crippen molar-refractivity contribution in [3.63, 3.8) is 0 Å². The molecule has 70 valence electrons. The highest BCUT2D eigenvalue weighted by Gasteiger charge is 2.03. The Hall–Kier alpha value is -1.55. The van der Waals surface area contributed by atoms with E-state index in [-0.39, 0.29) is 5.75 Å². The van der Waals surface area contributed by atoms with E-state index >= 15 is 0 Å². The third-order valence-electron chi connectivity index (χ3n) is 1.84. The number of nitrogens with zero attached hydrogens (tertiary/aromatic N) is 2.